The van der Waals surface area contributed by atoms with E-state index in [-0.39, 0.29) is 29.7 Å². The van der Waals surface area contributed by atoms with E-state index in [2.05, 4.69) is 20.7 Å². The van der Waals surface area contributed by atoms with Gasteiger partial charge in [0.05, 0.1) is 12.2 Å². The SMILES string of the molecule is CCNC(=NCc1ccc(O)c(F)c1)NCc1c(C)nn(C)c1C.I. The predicted molar refractivity (Wildman–Crippen MR) is 108 cm³/mol. The van der Waals surface area contributed by atoms with Gasteiger partial charge in [0.25, 0.3) is 0 Å². The summed E-state index contributed by atoms with van der Waals surface area (Å²) in [5.41, 5.74) is 3.92. The number of halogens is 2. The van der Waals surface area contributed by atoms with E-state index in [9.17, 15) is 9.50 Å². The van der Waals surface area contributed by atoms with E-state index in [1.165, 1.54) is 12.1 Å². The molecule has 25 heavy (non-hydrogen) atoms. The molecule has 1 heterocycles. The molecule has 0 aliphatic carbocycles. The van der Waals surface area contributed by atoms with E-state index < -0.39 is 5.82 Å². The average Bonchev–Trinajstić information content (AvgIpc) is 2.78. The van der Waals surface area contributed by atoms with Crippen LogP contribution in [0.15, 0.2) is 23.2 Å². The Kier molecular flexibility index (Phi) is 8.14. The van der Waals surface area contributed by atoms with Crippen molar-refractivity contribution < 1.29 is 9.50 Å². The van der Waals surface area contributed by atoms with E-state index in [0.29, 0.717) is 24.6 Å². The molecule has 8 heteroatoms. The highest BCUT2D eigenvalue weighted by Crippen LogP contribution is 2.16. The molecule has 0 saturated heterocycles. The van der Waals surface area contributed by atoms with Crippen molar-refractivity contribution in [3.05, 3.63) is 46.5 Å². The number of hydrogen-bond donors (Lipinski definition) is 3. The van der Waals surface area contributed by atoms with Crippen LogP contribution in [0.25, 0.3) is 0 Å². The number of rotatable bonds is 5. The van der Waals surface area contributed by atoms with E-state index in [0.717, 1.165) is 23.5 Å². The van der Waals surface area contributed by atoms with Gasteiger partial charge in [-0.25, -0.2) is 9.38 Å². The highest BCUT2D eigenvalue weighted by molar-refractivity contribution is 14.0. The van der Waals surface area contributed by atoms with Crippen LogP contribution in [0.3, 0.4) is 0 Å². The summed E-state index contributed by atoms with van der Waals surface area (Å²) in [5, 5.41) is 20.1. The summed E-state index contributed by atoms with van der Waals surface area (Å²) in [4.78, 5) is 4.45. The van der Waals surface area contributed by atoms with Crippen LogP contribution in [-0.2, 0) is 20.1 Å². The first-order chi connectivity index (χ1) is 11.4. The topological polar surface area (TPSA) is 74.5 Å². The molecular formula is C17H25FIN5O. The number of benzene rings is 1. The zero-order valence-electron chi connectivity index (χ0n) is 14.9. The average molecular weight is 461 g/mol. The summed E-state index contributed by atoms with van der Waals surface area (Å²) in [5.74, 6) is -0.341. The summed E-state index contributed by atoms with van der Waals surface area (Å²) in [7, 11) is 1.92. The Bertz CT molecular complexity index is 745. The Balaban J connectivity index is 0.00000312. The van der Waals surface area contributed by atoms with Gasteiger partial charge >= 0.3 is 0 Å². The van der Waals surface area contributed by atoms with Crippen molar-refractivity contribution in [1.82, 2.24) is 20.4 Å². The van der Waals surface area contributed by atoms with Gasteiger partial charge in [-0.05, 0) is 38.5 Å². The number of aromatic hydroxyl groups is 1. The largest absolute Gasteiger partial charge is 0.505 e. The van der Waals surface area contributed by atoms with Gasteiger partial charge < -0.3 is 15.7 Å². The molecule has 138 valence electrons. The fraction of sp³-hybridized carbons (Fsp3) is 0.412. The number of phenols is 1. The molecule has 0 unspecified atom stereocenters. The van der Waals surface area contributed by atoms with Gasteiger partial charge in [0.1, 0.15) is 0 Å². The maximum absolute atomic E-state index is 13.4. The van der Waals surface area contributed by atoms with Crippen molar-refractivity contribution in [2.45, 2.75) is 33.9 Å². The van der Waals surface area contributed by atoms with Crippen molar-refractivity contribution in [1.29, 1.82) is 0 Å². The Hall–Kier alpha value is -1.84. The normalized spacial score (nSPS) is 11.2. The summed E-state index contributed by atoms with van der Waals surface area (Å²) >= 11 is 0. The number of aliphatic imine (C=N–C) groups is 1. The van der Waals surface area contributed by atoms with E-state index >= 15 is 0 Å². The molecule has 3 N–H and O–H groups in total. The van der Waals surface area contributed by atoms with E-state index in [1.807, 2.05) is 32.5 Å². The molecule has 0 aliphatic rings. The smallest absolute Gasteiger partial charge is 0.191 e. The fourth-order valence-corrected chi connectivity index (χ4v) is 2.41. The zero-order chi connectivity index (χ0) is 17.7. The second-order valence-electron chi connectivity index (χ2n) is 5.61. The van der Waals surface area contributed by atoms with Gasteiger partial charge in [-0.3, -0.25) is 4.68 Å². The number of hydrogen-bond acceptors (Lipinski definition) is 3. The van der Waals surface area contributed by atoms with Gasteiger partial charge in [-0.2, -0.15) is 5.10 Å². The van der Waals surface area contributed by atoms with Crippen LogP contribution in [0.1, 0.15) is 29.4 Å². The quantitative estimate of drug-likeness (QED) is 0.364. The Morgan fingerprint density at radius 3 is 2.60 bits per heavy atom. The van der Waals surface area contributed by atoms with Crippen LogP contribution in [0.5, 0.6) is 5.75 Å². The molecule has 0 spiro atoms. The molecule has 1 aromatic carbocycles. The molecule has 2 rings (SSSR count). The van der Waals surface area contributed by atoms with Gasteiger partial charge in [-0.1, -0.05) is 6.07 Å². The third-order valence-electron chi connectivity index (χ3n) is 3.87. The van der Waals surface area contributed by atoms with Crippen molar-refractivity contribution in [3.63, 3.8) is 0 Å². The number of aromatic nitrogens is 2. The standard InChI is InChI=1S/C17H24FN5O.HI/c1-5-19-17(20-9-13-6-7-16(24)15(18)8-13)21-10-14-11(2)22-23(4)12(14)3;/h6-8,24H,5,9-10H2,1-4H3,(H2,19,20,21);1H. The van der Waals surface area contributed by atoms with Crippen molar-refractivity contribution in [2.24, 2.45) is 12.0 Å². The lowest BCUT2D eigenvalue weighted by molar-refractivity contribution is 0.432. The summed E-state index contributed by atoms with van der Waals surface area (Å²) < 4.78 is 15.2. The molecular weight excluding hydrogens is 436 g/mol. The molecule has 0 radical (unpaired) electrons. The lowest BCUT2D eigenvalue weighted by atomic mass is 10.2. The minimum Gasteiger partial charge on any atom is -0.505 e. The van der Waals surface area contributed by atoms with E-state index in [1.54, 1.807) is 6.07 Å². The first kappa shape index (κ1) is 21.2. The second-order valence-corrected chi connectivity index (χ2v) is 5.61. The molecule has 2 aromatic rings. The molecule has 0 aliphatic heterocycles. The number of phenolic OH excluding ortho intramolecular Hbond substituents is 1. The molecule has 0 fully saturated rings. The first-order valence-corrected chi connectivity index (χ1v) is 7.91. The van der Waals surface area contributed by atoms with Crippen LogP contribution in [0.2, 0.25) is 0 Å². The van der Waals surface area contributed by atoms with Gasteiger partial charge in [0.2, 0.25) is 0 Å². The monoisotopic (exact) mass is 461 g/mol. The number of nitrogens with one attached hydrogen (secondary N) is 2. The zero-order valence-corrected chi connectivity index (χ0v) is 17.3. The summed E-state index contributed by atoms with van der Waals surface area (Å²) in [6.07, 6.45) is 0. The molecule has 0 amide bonds. The molecule has 1 aromatic heterocycles. The van der Waals surface area contributed by atoms with Crippen LogP contribution in [0, 0.1) is 19.7 Å². The Labute approximate surface area is 164 Å². The van der Waals surface area contributed by atoms with Gasteiger partial charge in [-0.15, -0.1) is 24.0 Å². The second kappa shape index (κ2) is 9.59. The maximum Gasteiger partial charge on any atom is 0.191 e. The van der Waals surface area contributed by atoms with Crippen LogP contribution in [0.4, 0.5) is 4.39 Å². The first-order valence-electron chi connectivity index (χ1n) is 7.91. The Morgan fingerprint density at radius 1 is 1.32 bits per heavy atom. The lowest BCUT2D eigenvalue weighted by Gasteiger charge is -2.12. The van der Waals surface area contributed by atoms with Crippen LogP contribution in [-0.4, -0.2) is 27.4 Å². The van der Waals surface area contributed by atoms with Crippen LogP contribution >= 0.6 is 24.0 Å². The molecule has 0 saturated carbocycles. The Morgan fingerprint density at radius 2 is 2.04 bits per heavy atom. The van der Waals surface area contributed by atoms with Crippen molar-refractivity contribution in [2.75, 3.05) is 6.54 Å². The lowest BCUT2D eigenvalue weighted by Crippen LogP contribution is -2.37. The summed E-state index contributed by atoms with van der Waals surface area (Å²) in [6, 6.07) is 4.28. The molecule has 0 atom stereocenters. The fourth-order valence-electron chi connectivity index (χ4n) is 2.41. The third kappa shape index (κ3) is 5.58. The highest BCUT2D eigenvalue weighted by Gasteiger charge is 2.09. The predicted octanol–water partition coefficient (Wildman–Crippen LogP) is 2.75. The van der Waals surface area contributed by atoms with E-state index in [4.69, 9.17) is 0 Å². The highest BCUT2D eigenvalue weighted by atomic mass is 127. The minimum atomic E-state index is -0.637. The van der Waals surface area contributed by atoms with Crippen molar-refractivity contribution >= 4 is 29.9 Å². The van der Waals surface area contributed by atoms with Crippen molar-refractivity contribution in [3.8, 4) is 5.75 Å². The van der Waals surface area contributed by atoms with Gasteiger partial charge in [0, 0.05) is 31.4 Å². The number of nitrogens with zero attached hydrogens (tertiary/aromatic N) is 3. The molecule has 0 bridgehead atoms. The summed E-state index contributed by atoms with van der Waals surface area (Å²) in [6.45, 7) is 7.64. The maximum atomic E-state index is 13.4. The minimum absolute atomic E-state index is 0. The molecule has 6 nitrogen and oxygen atoms in total. The third-order valence-corrected chi connectivity index (χ3v) is 3.87. The number of guanidine groups is 1. The number of aryl methyl sites for hydroxylation is 2. The van der Waals surface area contributed by atoms with Gasteiger partial charge in [0.15, 0.2) is 17.5 Å². The van der Waals surface area contributed by atoms with Crippen LogP contribution < -0.4 is 10.6 Å².